The zero-order chi connectivity index (χ0) is 30.4. The topological polar surface area (TPSA) is 38.7 Å². The molecule has 1 N–H and O–H groups in total. The number of hydrogen-bond donors (Lipinski definition) is 1. The largest absolute Gasteiger partial charge is 0.414 e. The molecule has 0 aliphatic rings. The minimum atomic E-state index is -2.62. The summed E-state index contributed by atoms with van der Waals surface area (Å²) in [6.45, 7) is 30.4. The van der Waals surface area contributed by atoms with Crippen LogP contribution in [0.3, 0.4) is 0 Å². The summed E-state index contributed by atoms with van der Waals surface area (Å²) >= 11 is 0. The van der Waals surface area contributed by atoms with Gasteiger partial charge in [-0.15, -0.1) is 6.58 Å². The van der Waals surface area contributed by atoms with Crippen molar-refractivity contribution in [2.45, 2.75) is 122 Å². The normalized spacial score (nSPS) is 15.1. The van der Waals surface area contributed by atoms with Gasteiger partial charge in [-0.25, -0.2) is 0 Å². The van der Waals surface area contributed by atoms with E-state index in [-0.39, 0.29) is 16.2 Å². The molecule has 0 bridgehead atoms. The lowest BCUT2D eigenvalue weighted by atomic mass is 10.0. The Balaban J connectivity index is 2.35. The second kappa shape index (κ2) is 13.8. The molecular formula is C34H58O3Si3. The molecule has 0 saturated carbocycles. The molecule has 0 aliphatic carbocycles. The van der Waals surface area contributed by atoms with E-state index in [9.17, 15) is 5.11 Å². The maximum atomic E-state index is 11.2. The van der Waals surface area contributed by atoms with Gasteiger partial charge >= 0.3 is 0 Å². The molecule has 40 heavy (non-hydrogen) atoms. The van der Waals surface area contributed by atoms with E-state index in [0.717, 1.165) is 12.5 Å². The van der Waals surface area contributed by atoms with Gasteiger partial charge in [0.05, 0.1) is 6.10 Å². The number of benzene rings is 2. The van der Waals surface area contributed by atoms with Gasteiger partial charge in [0, 0.05) is 20.8 Å². The number of rotatable bonds is 14. The van der Waals surface area contributed by atoms with Crippen LogP contribution in [0.15, 0.2) is 72.8 Å². The first-order valence-corrected chi connectivity index (χ1v) is 23.6. The van der Waals surface area contributed by atoms with E-state index in [2.05, 4.69) is 142 Å². The average molecular weight is 599 g/mol. The molecule has 6 heteroatoms. The number of aliphatic hydroxyl groups is 1. The summed E-state index contributed by atoms with van der Waals surface area (Å²) < 4.78 is 14.2. The lowest BCUT2D eigenvalue weighted by molar-refractivity contribution is 0.0719. The molecule has 0 amide bonds. The summed E-state index contributed by atoms with van der Waals surface area (Å²) in [6, 6.07) is 22.7. The lowest BCUT2D eigenvalue weighted by Gasteiger charge is -2.44. The molecular weight excluding hydrogens is 541 g/mol. The Morgan fingerprint density at radius 3 is 1.68 bits per heavy atom. The molecule has 0 aromatic heterocycles. The summed E-state index contributed by atoms with van der Waals surface area (Å²) in [4.78, 5) is 0. The molecule has 0 fully saturated rings. The Labute approximate surface area is 249 Å². The van der Waals surface area contributed by atoms with E-state index < -0.39 is 30.8 Å². The third kappa shape index (κ3) is 9.63. The van der Waals surface area contributed by atoms with Crippen LogP contribution < -0.4 is 10.4 Å². The molecule has 0 spiro atoms. The zero-order valence-corrected chi connectivity index (χ0v) is 30.4. The molecule has 0 unspecified atom stereocenters. The van der Waals surface area contributed by atoms with Crippen molar-refractivity contribution in [1.82, 2.24) is 0 Å². The molecule has 0 heterocycles. The Bertz CT molecular complexity index is 1010. The van der Waals surface area contributed by atoms with Crippen molar-refractivity contribution >= 4 is 35.1 Å². The Morgan fingerprint density at radius 2 is 1.27 bits per heavy atom. The predicted octanol–water partition coefficient (Wildman–Crippen LogP) is 8.38. The van der Waals surface area contributed by atoms with Crippen LogP contribution in [0.1, 0.15) is 60.8 Å². The van der Waals surface area contributed by atoms with Crippen LogP contribution in [0.2, 0.25) is 48.9 Å². The van der Waals surface area contributed by atoms with Crippen LogP contribution in [-0.2, 0) is 8.85 Å². The van der Waals surface area contributed by atoms with Gasteiger partial charge in [-0.05, 0) is 58.9 Å². The molecule has 224 valence electrons. The van der Waals surface area contributed by atoms with Crippen molar-refractivity contribution in [3.8, 4) is 0 Å². The standard InChI is InChI=1S/C34H58O3Si3/c1-28(27-38(8,9)10)25-29(35)26-30(37-39(11,12)33(2,3)4)23-24-36-40(34(5,6)7,31-19-15-13-16-20-31)32-21-17-14-18-22-32/h13-22,29-30,35H,1,23-27H2,2-12H3/t29-,30+/m1/s1. The first kappa shape index (κ1) is 34.9. The monoisotopic (exact) mass is 598 g/mol. The molecule has 0 aliphatic heterocycles. The van der Waals surface area contributed by atoms with Crippen LogP contribution in [-0.4, -0.2) is 48.6 Å². The molecule has 2 aromatic rings. The Hall–Kier alpha value is -1.29. The van der Waals surface area contributed by atoms with Crippen molar-refractivity contribution in [3.63, 3.8) is 0 Å². The van der Waals surface area contributed by atoms with E-state index in [1.54, 1.807) is 0 Å². The van der Waals surface area contributed by atoms with Crippen molar-refractivity contribution in [2.24, 2.45) is 0 Å². The van der Waals surface area contributed by atoms with Gasteiger partial charge < -0.3 is 14.0 Å². The summed E-state index contributed by atoms with van der Waals surface area (Å²) in [6.07, 6.45) is 1.51. The average Bonchev–Trinajstić information content (AvgIpc) is 2.79. The quantitative estimate of drug-likeness (QED) is 0.175. The fourth-order valence-corrected chi connectivity index (χ4v) is 13.1. The fourth-order valence-electron chi connectivity index (χ4n) is 5.47. The van der Waals surface area contributed by atoms with Gasteiger partial charge in [-0.3, -0.25) is 0 Å². The highest BCUT2D eigenvalue weighted by Gasteiger charge is 2.50. The molecule has 0 saturated heterocycles. The first-order valence-electron chi connectivity index (χ1n) is 15.1. The smallest absolute Gasteiger partial charge is 0.261 e. The van der Waals surface area contributed by atoms with Crippen LogP contribution in [0.4, 0.5) is 0 Å². The van der Waals surface area contributed by atoms with Crippen molar-refractivity contribution in [1.29, 1.82) is 0 Å². The fraction of sp³-hybridized carbons (Fsp3) is 0.588. The van der Waals surface area contributed by atoms with Gasteiger partial charge in [-0.1, -0.05) is 127 Å². The van der Waals surface area contributed by atoms with E-state index in [1.165, 1.54) is 15.9 Å². The summed E-state index contributed by atoms with van der Waals surface area (Å²) in [5, 5.41) is 13.8. The van der Waals surface area contributed by atoms with Gasteiger partial charge in [-0.2, -0.15) is 0 Å². The Morgan fingerprint density at radius 1 is 0.800 bits per heavy atom. The maximum absolute atomic E-state index is 11.2. The molecule has 2 aromatic carbocycles. The highest BCUT2D eigenvalue weighted by Crippen LogP contribution is 2.39. The second-order valence-corrected chi connectivity index (χ2v) is 29.9. The van der Waals surface area contributed by atoms with Crippen LogP contribution in [0, 0.1) is 0 Å². The minimum Gasteiger partial charge on any atom is -0.414 e. The summed E-state index contributed by atoms with van der Waals surface area (Å²) in [5.41, 5.74) is 1.17. The van der Waals surface area contributed by atoms with Crippen LogP contribution >= 0.6 is 0 Å². The van der Waals surface area contributed by atoms with E-state index >= 15 is 0 Å². The Kier molecular flexibility index (Phi) is 12.0. The maximum Gasteiger partial charge on any atom is 0.261 e. The predicted molar refractivity (Wildman–Crippen MR) is 183 cm³/mol. The number of aliphatic hydroxyl groups excluding tert-OH is 1. The van der Waals surface area contributed by atoms with Crippen LogP contribution in [0.25, 0.3) is 0 Å². The van der Waals surface area contributed by atoms with E-state index in [4.69, 9.17) is 8.85 Å². The molecule has 3 nitrogen and oxygen atoms in total. The summed E-state index contributed by atoms with van der Waals surface area (Å²) in [5.74, 6) is 0. The number of hydrogen-bond acceptors (Lipinski definition) is 3. The van der Waals surface area contributed by atoms with Crippen molar-refractivity contribution in [3.05, 3.63) is 72.8 Å². The molecule has 2 atom stereocenters. The van der Waals surface area contributed by atoms with Gasteiger partial charge in [0.1, 0.15) is 0 Å². The lowest BCUT2D eigenvalue weighted by Crippen LogP contribution is -2.66. The van der Waals surface area contributed by atoms with E-state index in [1.807, 2.05) is 0 Å². The minimum absolute atomic E-state index is 0.0613. The van der Waals surface area contributed by atoms with E-state index in [0.29, 0.717) is 19.4 Å². The third-order valence-corrected chi connectivity index (χ3v) is 19.4. The SMILES string of the molecule is C=C(C[C@@H](O)C[C@H](CCO[Si](c1ccccc1)(c1ccccc1)C(C)(C)C)O[Si](C)(C)C(C)(C)C)C[Si](C)(C)C. The third-order valence-electron chi connectivity index (χ3n) is 8.28. The van der Waals surface area contributed by atoms with Gasteiger partial charge in [0.2, 0.25) is 0 Å². The van der Waals surface area contributed by atoms with Gasteiger partial charge in [0.15, 0.2) is 8.32 Å². The van der Waals surface area contributed by atoms with Crippen molar-refractivity contribution < 1.29 is 14.0 Å². The molecule has 2 rings (SSSR count). The van der Waals surface area contributed by atoms with Crippen LogP contribution in [0.5, 0.6) is 0 Å². The zero-order valence-electron chi connectivity index (χ0n) is 27.4. The van der Waals surface area contributed by atoms with Crippen molar-refractivity contribution in [2.75, 3.05) is 6.61 Å². The highest BCUT2D eigenvalue weighted by molar-refractivity contribution is 6.99. The molecule has 0 radical (unpaired) electrons. The second-order valence-electron chi connectivity index (χ2n) is 15.4. The highest BCUT2D eigenvalue weighted by atomic mass is 28.4. The van der Waals surface area contributed by atoms with Gasteiger partial charge in [0.25, 0.3) is 8.32 Å². The first-order chi connectivity index (χ1) is 18.3. The summed E-state index contributed by atoms with van der Waals surface area (Å²) in [7, 11) is -5.93.